The SMILES string of the molecule is CNc1cccc(CNCC2CCCCC2)c1. The molecule has 0 aliphatic heterocycles. The van der Waals surface area contributed by atoms with Crippen LogP contribution in [-0.2, 0) is 6.54 Å². The summed E-state index contributed by atoms with van der Waals surface area (Å²) in [4.78, 5) is 0. The Kier molecular flexibility index (Phi) is 4.87. The van der Waals surface area contributed by atoms with E-state index in [1.807, 2.05) is 7.05 Å². The lowest BCUT2D eigenvalue weighted by atomic mass is 9.89. The number of nitrogens with one attached hydrogen (secondary N) is 2. The van der Waals surface area contributed by atoms with Crippen LogP contribution in [0, 0.1) is 5.92 Å². The van der Waals surface area contributed by atoms with Crippen molar-refractivity contribution in [3.05, 3.63) is 29.8 Å². The van der Waals surface area contributed by atoms with Gasteiger partial charge in [-0.15, -0.1) is 0 Å². The Bertz CT molecular complexity index is 329. The van der Waals surface area contributed by atoms with Crippen molar-refractivity contribution in [1.29, 1.82) is 0 Å². The van der Waals surface area contributed by atoms with Gasteiger partial charge in [0.15, 0.2) is 0 Å². The van der Waals surface area contributed by atoms with Gasteiger partial charge in [0, 0.05) is 19.3 Å². The molecule has 2 N–H and O–H groups in total. The van der Waals surface area contributed by atoms with Crippen molar-refractivity contribution >= 4 is 5.69 Å². The summed E-state index contributed by atoms with van der Waals surface area (Å²) in [5, 5.41) is 6.77. The van der Waals surface area contributed by atoms with Crippen LogP contribution >= 0.6 is 0 Å². The van der Waals surface area contributed by atoms with Crippen LogP contribution in [0.4, 0.5) is 5.69 Å². The molecule has 1 aromatic carbocycles. The minimum atomic E-state index is 0.913. The Labute approximate surface area is 105 Å². The fraction of sp³-hybridized carbons (Fsp3) is 0.600. The highest BCUT2D eigenvalue weighted by Crippen LogP contribution is 2.22. The van der Waals surface area contributed by atoms with Gasteiger partial charge in [0.25, 0.3) is 0 Å². The van der Waals surface area contributed by atoms with E-state index in [0.29, 0.717) is 0 Å². The molecule has 2 heteroatoms. The highest BCUT2D eigenvalue weighted by molar-refractivity contribution is 5.44. The molecule has 1 aliphatic rings. The molecular formula is C15H24N2. The largest absolute Gasteiger partial charge is 0.388 e. The number of anilines is 1. The minimum Gasteiger partial charge on any atom is -0.388 e. The van der Waals surface area contributed by atoms with Crippen molar-refractivity contribution in [1.82, 2.24) is 5.32 Å². The molecule has 1 aromatic rings. The second kappa shape index (κ2) is 6.65. The molecule has 1 fully saturated rings. The van der Waals surface area contributed by atoms with E-state index < -0.39 is 0 Å². The van der Waals surface area contributed by atoms with Crippen LogP contribution in [-0.4, -0.2) is 13.6 Å². The molecule has 0 heterocycles. The maximum absolute atomic E-state index is 3.59. The molecule has 1 aliphatic carbocycles. The first kappa shape index (κ1) is 12.4. The molecule has 2 nitrogen and oxygen atoms in total. The van der Waals surface area contributed by atoms with Crippen molar-refractivity contribution in [3.63, 3.8) is 0 Å². The molecule has 0 atom stereocenters. The molecule has 1 saturated carbocycles. The highest BCUT2D eigenvalue weighted by Gasteiger charge is 2.12. The van der Waals surface area contributed by atoms with E-state index in [0.717, 1.165) is 12.5 Å². The summed E-state index contributed by atoms with van der Waals surface area (Å²) in [5.41, 5.74) is 2.56. The minimum absolute atomic E-state index is 0.913. The van der Waals surface area contributed by atoms with E-state index in [-0.39, 0.29) is 0 Å². The predicted octanol–water partition coefficient (Wildman–Crippen LogP) is 3.40. The first-order chi connectivity index (χ1) is 8.38. The third-order valence-electron chi connectivity index (χ3n) is 3.70. The fourth-order valence-corrected chi connectivity index (χ4v) is 2.65. The highest BCUT2D eigenvalue weighted by atomic mass is 14.9. The molecule has 0 radical (unpaired) electrons. The van der Waals surface area contributed by atoms with E-state index >= 15 is 0 Å². The van der Waals surface area contributed by atoms with E-state index in [9.17, 15) is 0 Å². The molecule has 0 spiro atoms. The van der Waals surface area contributed by atoms with E-state index in [2.05, 4.69) is 34.9 Å². The van der Waals surface area contributed by atoms with Gasteiger partial charge in [-0.2, -0.15) is 0 Å². The van der Waals surface area contributed by atoms with Gasteiger partial charge in [0.05, 0.1) is 0 Å². The zero-order valence-electron chi connectivity index (χ0n) is 10.8. The molecule has 94 valence electrons. The average molecular weight is 232 g/mol. The maximum Gasteiger partial charge on any atom is 0.0340 e. The maximum atomic E-state index is 3.59. The Morgan fingerprint density at radius 1 is 1.18 bits per heavy atom. The molecule has 0 aromatic heterocycles. The van der Waals surface area contributed by atoms with E-state index in [4.69, 9.17) is 0 Å². The molecule has 0 unspecified atom stereocenters. The van der Waals surface area contributed by atoms with Crippen LogP contribution in [0.25, 0.3) is 0 Å². The Morgan fingerprint density at radius 2 is 2.00 bits per heavy atom. The molecule has 0 bridgehead atoms. The summed E-state index contributed by atoms with van der Waals surface area (Å²) in [5.74, 6) is 0.913. The first-order valence-electron chi connectivity index (χ1n) is 6.86. The van der Waals surface area contributed by atoms with E-state index in [1.165, 1.54) is 49.9 Å². The van der Waals surface area contributed by atoms with Crippen molar-refractivity contribution in [2.45, 2.75) is 38.6 Å². The predicted molar refractivity (Wildman–Crippen MR) is 74.3 cm³/mol. The van der Waals surface area contributed by atoms with Crippen molar-refractivity contribution in [2.75, 3.05) is 18.9 Å². The topological polar surface area (TPSA) is 24.1 Å². The third kappa shape index (κ3) is 4.04. The zero-order valence-corrected chi connectivity index (χ0v) is 10.8. The standard InChI is InChI=1S/C15H24N2/c1-16-15-9-5-8-14(10-15)12-17-11-13-6-3-2-4-7-13/h5,8-10,13,16-17H,2-4,6-7,11-12H2,1H3. The summed E-state index contributed by atoms with van der Waals surface area (Å²) < 4.78 is 0. The summed E-state index contributed by atoms with van der Waals surface area (Å²) >= 11 is 0. The van der Waals surface area contributed by atoms with Gasteiger partial charge < -0.3 is 10.6 Å². The summed E-state index contributed by atoms with van der Waals surface area (Å²) in [6.07, 6.45) is 7.15. The summed E-state index contributed by atoms with van der Waals surface area (Å²) in [6, 6.07) is 8.62. The molecule has 0 saturated heterocycles. The van der Waals surface area contributed by atoms with Crippen LogP contribution in [0.15, 0.2) is 24.3 Å². The second-order valence-corrected chi connectivity index (χ2v) is 5.09. The first-order valence-corrected chi connectivity index (χ1v) is 6.86. The molecule has 0 amide bonds. The van der Waals surface area contributed by atoms with Gasteiger partial charge >= 0.3 is 0 Å². The second-order valence-electron chi connectivity index (χ2n) is 5.09. The quantitative estimate of drug-likeness (QED) is 0.813. The summed E-state index contributed by atoms with van der Waals surface area (Å²) in [7, 11) is 1.97. The van der Waals surface area contributed by atoms with Crippen LogP contribution in [0.1, 0.15) is 37.7 Å². The number of benzene rings is 1. The number of hydrogen-bond acceptors (Lipinski definition) is 2. The van der Waals surface area contributed by atoms with Gasteiger partial charge in [-0.05, 0) is 43.0 Å². The van der Waals surface area contributed by atoms with Crippen LogP contribution in [0.3, 0.4) is 0 Å². The summed E-state index contributed by atoms with van der Waals surface area (Å²) in [6.45, 7) is 2.18. The normalized spacial score (nSPS) is 17.0. The van der Waals surface area contributed by atoms with Crippen molar-refractivity contribution in [2.24, 2.45) is 5.92 Å². The smallest absolute Gasteiger partial charge is 0.0340 e. The Hall–Kier alpha value is -1.02. The van der Waals surface area contributed by atoms with Gasteiger partial charge in [0.1, 0.15) is 0 Å². The lowest BCUT2D eigenvalue weighted by molar-refractivity contribution is 0.342. The lowest BCUT2D eigenvalue weighted by Gasteiger charge is -2.21. The number of hydrogen-bond donors (Lipinski definition) is 2. The van der Waals surface area contributed by atoms with Crippen LogP contribution < -0.4 is 10.6 Å². The van der Waals surface area contributed by atoms with Gasteiger partial charge in [-0.25, -0.2) is 0 Å². The van der Waals surface area contributed by atoms with Gasteiger partial charge in [-0.1, -0.05) is 31.4 Å². The Balaban J connectivity index is 1.73. The van der Waals surface area contributed by atoms with Crippen molar-refractivity contribution < 1.29 is 0 Å². The number of rotatable bonds is 5. The monoisotopic (exact) mass is 232 g/mol. The lowest BCUT2D eigenvalue weighted by Crippen LogP contribution is -2.24. The fourth-order valence-electron chi connectivity index (χ4n) is 2.65. The van der Waals surface area contributed by atoms with Crippen LogP contribution in [0.5, 0.6) is 0 Å². The van der Waals surface area contributed by atoms with Crippen LogP contribution in [0.2, 0.25) is 0 Å². The molecular weight excluding hydrogens is 208 g/mol. The van der Waals surface area contributed by atoms with Gasteiger partial charge in [0.2, 0.25) is 0 Å². The van der Waals surface area contributed by atoms with E-state index in [1.54, 1.807) is 0 Å². The Morgan fingerprint density at radius 3 is 2.76 bits per heavy atom. The molecule has 2 rings (SSSR count). The van der Waals surface area contributed by atoms with Crippen molar-refractivity contribution in [3.8, 4) is 0 Å². The van der Waals surface area contributed by atoms with Gasteiger partial charge in [-0.3, -0.25) is 0 Å². The molecule has 17 heavy (non-hydrogen) atoms. The average Bonchev–Trinajstić information content (AvgIpc) is 2.40. The third-order valence-corrected chi connectivity index (χ3v) is 3.70. The zero-order chi connectivity index (χ0) is 11.9.